The number of aryl methyl sites for hydroxylation is 2. The highest BCUT2D eigenvalue weighted by atomic mass is 35.5. The van der Waals surface area contributed by atoms with Gasteiger partial charge in [-0.15, -0.1) is 0 Å². The number of carbonyl (C=O) groups is 1. The fraction of sp³-hybridized carbons (Fsp3) is 0.480. The third-order valence-corrected chi connectivity index (χ3v) is 5.42. The van der Waals surface area contributed by atoms with E-state index in [2.05, 4.69) is 43.0 Å². The summed E-state index contributed by atoms with van der Waals surface area (Å²) < 4.78 is 13.3. The first-order valence-electron chi connectivity index (χ1n) is 10.8. The number of benzene rings is 1. The largest absolute Gasteiger partial charge is 0.452 e. The van der Waals surface area contributed by atoms with Crippen LogP contribution in [0.1, 0.15) is 70.0 Å². The van der Waals surface area contributed by atoms with Gasteiger partial charge in [-0.3, -0.25) is 14.5 Å². The van der Waals surface area contributed by atoms with Crippen molar-refractivity contribution in [3.63, 3.8) is 0 Å². The molecule has 7 heteroatoms. The predicted octanol–water partition coefficient (Wildman–Crippen LogP) is 5.95. The lowest BCUT2D eigenvalue weighted by molar-refractivity contribution is -0.164. The first-order valence-corrected chi connectivity index (χ1v) is 11.2. The molecule has 1 atom stereocenters. The van der Waals surface area contributed by atoms with E-state index in [4.69, 9.17) is 21.1 Å². The molecular weight excluding hydrogens is 426 g/mol. The van der Waals surface area contributed by atoms with Gasteiger partial charge in [0.05, 0.1) is 10.7 Å². The van der Waals surface area contributed by atoms with Crippen molar-refractivity contribution in [3.05, 3.63) is 51.8 Å². The molecule has 0 radical (unpaired) electrons. The highest BCUT2D eigenvalue weighted by Crippen LogP contribution is 2.34. The van der Waals surface area contributed by atoms with E-state index in [1.54, 1.807) is 31.9 Å². The number of esters is 1. The number of rotatable bonds is 8. The number of halogens is 1. The second-order valence-electron chi connectivity index (χ2n) is 8.75. The third kappa shape index (κ3) is 6.22. The van der Waals surface area contributed by atoms with Crippen LogP contribution < -0.4 is 0 Å². The molecule has 0 amide bonds. The molecule has 32 heavy (non-hydrogen) atoms. The molecule has 2 aromatic rings. The van der Waals surface area contributed by atoms with Crippen LogP contribution in [0.25, 0.3) is 11.3 Å². The second-order valence-corrected chi connectivity index (χ2v) is 9.13. The van der Waals surface area contributed by atoms with Crippen LogP contribution in [-0.2, 0) is 26.7 Å². The Hall–Kier alpha value is -2.60. The Morgan fingerprint density at radius 2 is 1.88 bits per heavy atom. The number of allylic oxidation sites excluding steroid dienone is 1. The molecule has 0 fully saturated rings. The van der Waals surface area contributed by atoms with Crippen molar-refractivity contribution in [2.75, 3.05) is 7.05 Å². The van der Waals surface area contributed by atoms with Crippen molar-refractivity contribution in [1.29, 1.82) is 0 Å². The van der Waals surface area contributed by atoms with E-state index in [1.807, 2.05) is 26.0 Å². The predicted molar refractivity (Wildman–Crippen MR) is 131 cm³/mol. The molecule has 174 valence electrons. The molecule has 0 saturated heterocycles. The molecule has 0 aliphatic carbocycles. The van der Waals surface area contributed by atoms with Gasteiger partial charge in [0.2, 0.25) is 6.29 Å². The van der Waals surface area contributed by atoms with Crippen LogP contribution in [0.5, 0.6) is 0 Å². The zero-order chi connectivity index (χ0) is 24.1. The monoisotopic (exact) mass is 459 g/mol. The molecule has 2 rings (SSSR count). The summed E-state index contributed by atoms with van der Waals surface area (Å²) in [6.45, 7) is 12.0. The number of aliphatic imine (C=N–C) groups is 1. The standard InChI is InChI=1S/C25H34ClN3O3/c1-9-10-21(30)31-17(3)32-24(23-22(26)16(2)28-29(23)8)20(15-27-7)18-11-13-19(14-12-18)25(4,5)6/h11-15,17H,9-10H2,1-8H3/b24-20-,27-15?. The second kappa shape index (κ2) is 10.8. The zero-order valence-corrected chi connectivity index (χ0v) is 21.1. The van der Waals surface area contributed by atoms with Crippen LogP contribution in [0.4, 0.5) is 0 Å². The summed E-state index contributed by atoms with van der Waals surface area (Å²) in [4.78, 5) is 16.3. The maximum atomic E-state index is 12.0. The maximum absolute atomic E-state index is 12.0. The van der Waals surface area contributed by atoms with Crippen LogP contribution in [0, 0.1) is 6.92 Å². The van der Waals surface area contributed by atoms with Gasteiger partial charge in [0, 0.05) is 39.2 Å². The molecule has 0 bridgehead atoms. The minimum Gasteiger partial charge on any atom is -0.452 e. The third-order valence-electron chi connectivity index (χ3n) is 4.96. The Balaban J connectivity index is 2.65. The lowest BCUT2D eigenvalue weighted by Gasteiger charge is -2.22. The van der Waals surface area contributed by atoms with E-state index in [-0.39, 0.29) is 11.4 Å². The molecule has 1 aromatic heterocycles. The minimum atomic E-state index is -0.815. The summed E-state index contributed by atoms with van der Waals surface area (Å²) in [5.41, 5.74) is 4.14. The summed E-state index contributed by atoms with van der Waals surface area (Å²) >= 11 is 6.61. The zero-order valence-electron chi connectivity index (χ0n) is 20.3. The fourth-order valence-electron chi connectivity index (χ4n) is 3.31. The number of hydrogen-bond donors (Lipinski definition) is 0. The lowest BCUT2D eigenvalue weighted by Crippen LogP contribution is -2.19. The number of ether oxygens (including phenoxy) is 2. The van der Waals surface area contributed by atoms with Gasteiger partial charge in [-0.25, -0.2) is 0 Å². The summed E-state index contributed by atoms with van der Waals surface area (Å²) in [5, 5.41) is 4.90. The van der Waals surface area contributed by atoms with Gasteiger partial charge in [-0.05, 0) is 29.9 Å². The SMILES string of the molecule is CCCC(=O)OC(C)O/C(=C(/C=NC)c1ccc(C(C)(C)C)cc1)c1c(Cl)c(C)nn1C. The summed E-state index contributed by atoms with van der Waals surface area (Å²) in [6, 6.07) is 8.26. The van der Waals surface area contributed by atoms with Crippen molar-refractivity contribution in [2.24, 2.45) is 12.0 Å². The Labute approximate surface area is 196 Å². The van der Waals surface area contributed by atoms with Crippen LogP contribution in [0.2, 0.25) is 5.02 Å². The topological polar surface area (TPSA) is 65.7 Å². The quantitative estimate of drug-likeness (QED) is 0.211. The van der Waals surface area contributed by atoms with E-state index >= 15 is 0 Å². The van der Waals surface area contributed by atoms with Gasteiger partial charge < -0.3 is 9.47 Å². The van der Waals surface area contributed by atoms with Crippen LogP contribution in [-0.4, -0.2) is 35.3 Å². The van der Waals surface area contributed by atoms with Crippen molar-refractivity contribution < 1.29 is 14.3 Å². The minimum absolute atomic E-state index is 0.0328. The summed E-state index contributed by atoms with van der Waals surface area (Å²) in [5.74, 6) is 0.135. The molecule has 1 aromatic carbocycles. The Bertz CT molecular complexity index is 999. The summed E-state index contributed by atoms with van der Waals surface area (Å²) in [6.07, 6.45) is 1.94. The van der Waals surface area contributed by atoms with E-state index in [0.29, 0.717) is 35.0 Å². The molecule has 0 spiro atoms. The van der Waals surface area contributed by atoms with Gasteiger partial charge in [0.1, 0.15) is 5.69 Å². The van der Waals surface area contributed by atoms with Gasteiger partial charge >= 0.3 is 5.97 Å². The average molecular weight is 460 g/mol. The number of nitrogens with zero attached hydrogens (tertiary/aromatic N) is 3. The van der Waals surface area contributed by atoms with E-state index in [1.165, 1.54) is 5.56 Å². The summed E-state index contributed by atoms with van der Waals surface area (Å²) in [7, 11) is 3.50. The van der Waals surface area contributed by atoms with Crippen LogP contribution >= 0.6 is 11.6 Å². The molecule has 6 nitrogen and oxygen atoms in total. The Morgan fingerprint density at radius 1 is 1.25 bits per heavy atom. The van der Waals surface area contributed by atoms with Gasteiger partial charge in [0.15, 0.2) is 5.76 Å². The van der Waals surface area contributed by atoms with Gasteiger partial charge in [-0.1, -0.05) is 63.6 Å². The Kier molecular flexibility index (Phi) is 8.67. The number of aromatic nitrogens is 2. The molecule has 0 aliphatic heterocycles. The molecule has 1 unspecified atom stereocenters. The number of hydrogen-bond acceptors (Lipinski definition) is 5. The average Bonchev–Trinajstić information content (AvgIpc) is 2.96. The van der Waals surface area contributed by atoms with E-state index in [9.17, 15) is 4.79 Å². The molecule has 0 saturated carbocycles. The Morgan fingerprint density at radius 3 is 2.34 bits per heavy atom. The van der Waals surface area contributed by atoms with Crippen molar-refractivity contribution in [2.45, 2.75) is 66.1 Å². The number of carbonyl (C=O) groups excluding carboxylic acids is 1. The maximum Gasteiger partial charge on any atom is 0.308 e. The van der Waals surface area contributed by atoms with Crippen molar-refractivity contribution >= 4 is 35.1 Å². The van der Waals surface area contributed by atoms with Crippen molar-refractivity contribution in [1.82, 2.24) is 9.78 Å². The van der Waals surface area contributed by atoms with Crippen LogP contribution in [0.3, 0.4) is 0 Å². The smallest absolute Gasteiger partial charge is 0.308 e. The molecule has 1 heterocycles. The lowest BCUT2D eigenvalue weighted by atomic mass is 9.86. The van der Waals surface area contributed by atoms with Crippen molar-refractivity contribution in [3.8, 4) is 0 Å². The first kappa shape index (κ1) is 25.7. The normalized spacial score (nSPS) is 13.8. The highest BCUT2D eigenvalue weighted by Gasteiger charge is 2.24. The van der Waals surface area contributed by atoms with Gasteiger partial charge in [-0.2, -0.15) is 5.10 Å². The first-order chi connectivity index (χ1) is 15.0. The molecule has 0 aliphatic rings. The van der Waals surface area contributed by atoms with Crippen LogP contribution in [0.15, 0.2) is 29.3 Å². The van der Waals surface area contributed by atoms with Gasteiger partial charge in [0.25, 0.3) is 0 Å². The van der Waals surface area contributed by atoms with E-state index in [0.717, 1.165) is 11.1 Å². The molecule has 0 N–H and O–H groups in total. The molecular formula is C25H34ClN3O3. The highest BCUT2D eigenvalue weighted by molar-refractivity contribution is 6.33. The fourth-order valence-corrected chi connectivity index (χ4v) is 3.55. The van der Waals surface area contributed by atoms with E-state index < -0.39 is 6.29 Å².